The highest BCUT2D eigenvalue weighted by Gasteiger charge is 2.27. The van der Waals surface area contributed by atoms with Crippen molar-refractivity contribution in [3.05, 3.63) is 0 Å². The minimum absolute atomic E-state index is 0.127. The fourth-order valence-corrected chi connectivity index (χ4v) is 1.15. The van der Waals surface area contributed by atoms with Crippen molar-refractivity contribution in [3.63, 3.8) is 0 Å². The molecule has 0 aliphatic heterocycles. The van der Waals surface area contributed by atoms with Gasteiger partial charge in [0.1, 0.15) is 0 Å². The fourth-order valence-electron chi connectivity index (χ4n) is 0.327. The topological polar surface area (TPSA) is 43.4 Å². The van der Waals surface area contributed by atoms with Crippen molar-refractivity contribution in [2.24, 2.45) is 0 Å². The quantitative estimate of drug-likeness (QED) is 0.552. The van der Waals surface area contributed by atoms with E-state index in [1.807, 2.05) is 0 Å². The zero-order valence-electron chi connectivity index (χ0n) is 4.00. The van der Waals surface area contributed by atoms with Crippen molar-refractivity contribution in [2.45, 2.75) is 18.9 Å². The van der Waals surface area contributed by atoms with Crippen LogP contribution in [0.5, 0.6) is 0 Å². The van der Waals surface area contributed by atoms with Crippen LogP contribution in [-0.4, -0.2) is 14.5 Å². The molecule has 0 aromatic rings. The van der Waals surface area contributed by atoms with E-state index in [1.165, 1.54) is 0 Å². The van der Waals surface area contributed by atoms with Crippen LogP contribution in [0.1, 0.15) is 12.8 Å². The second-order valence-corrected chi connectivity index (χ2v) is 3.80. The number of hydrogen-bond donors (Lipinski definition) is 0. The van der Waals surface area contributed by atoms with Gasteiger partial charge in [-0.25, -0.2) is 0 Å². The third-order valence-electron chi connectivity index (χ3n) is 0.775. The maximum absolute atomic E-state index is 10.0. The van der Waals surface area contributed by atoms with Gasteiger partial charge in [0.15, 0.2) is 0 Å². The number of halogens is 1. The Morgan fingerprint density at radius 3 is 2.12 bits per heavy atom. The minimum atomic E-state index is -3.69. The van der Waals surface area contributed by atoms with Crippen LogP contribution in [0, 0.1) is 0 Å². The zero-order chi connectivity index (χ0) is 6.20. The highest BCUT2D eigenvalue weighted by Crippen LogP contribution is 2.26. The molecule has 0 heterocycles. The summed E-state index contributed by atoms with van der Waals surface area (Å²) in [6.45, 7) is 0. The molecule has 0 amide bonds. The normalized spacial score (nSPS) is 21.1. The second-order valence-electron chi connectivity index (χ2n) is 1.69. The molecule has 5 heteroatoms. The second kappa shape index (κ2) is 1.86. The Morgan fingerprint density at radius 1 is 1.50 bits per heavy atom. The van der Waals surface area contributed by atoms with Gasteiger partial charge in [-0.05, 0) is 12.8 Å². The van der Waals surface area contributed by atoms with E-state index in [4.69, 9.17) is 10.7 Å². The lowest BCUT2D eigenvalue weighted by Gasteiger charge is -1.90. The molecule has 1 rings (SSSR count). The Morgan fingerprint density at radius 2 is 2.00 bits per heavy atom. The summed E-state index contributed by atoms with van der Waals surface area (Å²) in [7, 11) is 1.03. The van der Waals surface area contributed by atoms with Gasteiger partial charge in [-0.3, -0.25) is 4.18 Å². The molecule has 8 heavy (non-hydrogen) atoms. The molecule has 1 aliphatic rings. The van der Waals surface area contributed by atoms with Gasteiger partial charge in [-0.15, -0.1) is 0 Å². The first-order valence-electron chi connectivity index (χ1n) is 2.21. The van der Waals surface area contributed by atoms with Crippen molar-refractivity contribution in [2.75, 3.05) is 0 Å². The van der Waals surface area contributed by atoms with Gasteiger partial charge in [0.05, 0.1) is 6.10 Å². The predicted molar refractivity (Wildman–Crippen MR) is 28.9 cm³/mol. The third-order valence-corrected chi connectivity index (χ3v) is 1.50. The molecule has 0 saturated heterocycles. The first kappa shape index (κ1) is 6.32. The monoisotopic (exact) mass is 156 g/mol. The Balaban J connectivity index is 2.38. The van der Waals surface area contributed by atoms with Crippen LogP contribution < -0.4 is 0 Å². The maximum Gasteiger partial charge on any atom is 0.355 e. The molecule has 3 nitrogen and oxygen atoms in total. The largest absolute Gasteiger partial charge is 0.355 e. The average Bonchev–Trinajstić information content (AvgIpc) is 2.12. The lowest BCUT2D eigenvalue weighted by molar-refractivity contribution is 0.315. The first-order valence-corrected chi connectivity index (χ1v) is 4.44. The molecule has 0 unspecified atom stereocenters. The molecule has 48 valence electrons. The summed E-state index contributed by atoms with van der Waals surface area (Å²) < 4.78 is 24.3. The Kier molecular flexibility index (Phi) is 1.47. The van der Waals surface area contributed by atoms with E-state index in [9.17, 15) is 8.42 Å². The molecule has 0 aromatic heterocycles. The van der Waals surface area contributed by atoms with Crippen LogP contribution in [0.2, 0.25) is 0 Å². The maximum atomic E-state index is 10.0. The van der Waals surface area contributed by atoms with Gasteiger partial charge >= 0.3 is 9.33 Å². The molecular weight excluding hydrogens is 152 g/mol. The summed E-state index contributed by atoms with van der Waals surface area (Å²) in [4.78, 5) is 0. The molecule has 0 spiro atoms. The van der Waals surface area contributed by atoms with Crippen molar-refractivity contribution in [3.8, 4) is 0 Å². The van der Waals surface area contributed by atoms with E-state index in [2.05, 4.69) is 4.18 Å². The van der Waals surface area contributed by atoms with Gasteiger partial charge in [-0.2, -0.15) is 8.42 Å². The van der Waals surface area contributed by atoms with Crippen LogP contribution in [-0.2, 0) is 13.5 Å². The first-order chi connectivity index (χ1) is 3.58. The van der Waals surface area contributed by atoms with Crippen molar-refractivity contribution in [1.29, 1.82) is 0 Å². The molecule has 0 N–H and O–H groups in total. The number of rotatable bonds is 2. The van der Waals surface area contributed by atoms with E-state index in [0.29, 0.717) is 0 Å². The summed E-state index contributed by atoms with van der Waals surface area (Å²) >= 11 is 0. The van der Waals surface area contributed by atoms with Gasteiger partial charge in [0, 0.05) is 10.7 Å². The SMILES string of the molecule is O=S(=O)(Cl)OC1CC1. The van der Waals surface area contributed by atoms with Gasteiger partial charge in [-0.1, -0.05) is 0 Å². The van der Waals surface area contributed by atoms with Crippen molar-refractivity contribution >= 4 is 20.0 Å². The molecule has 0 radical (unpaired) electrons. The highest BCUT2D eigenvalue weighted by molar-refractivity contribution is 8.10. The van der Waals surface area contributed by atoms with E-state index in [-0.39, 0.29) is 6.10 Å². The Hall–Kier alpha value is 0.200. The highest BCUT2D eigenvalue weighted by atomic mass is 35.7. The predicted octanol–water partition coefficient (Wildman–Crippen LogP) is 0.649. The van der Waals surface area contributed by atoms with Crippen LogP contribution in [0.15, 0.2) is 0 Å². The zero-order valence-corrected chi connectivity index (χ0v) is 5.57. The van der Waals surface area contributed by atoms with Crippen molar-refractivity contribution < 1.29 is 12.6 Å². The summed E-state index contributed by atoms with van der Waals surface area (Å²) in [5.41, 5.74) is 0. The molecule has 0 aromatic carbocycles. The van der Waals surface area contributed by atoms with Crippen LogP contribution in [0.25, 0.3) is 0 Å². The van der Waals surface area contributed by atoms with E-state index < -0.39 is 9.33 Å². The molecule has 1 fully saturated rings. The number of hydrogen-bond acceptors (Lipinski definition) is 3. The molecular formula is C3H5ClO3S. The Bertz CT molecular complexity index is 169. The fraction of sp³-hybridized carbons (Fsp3) is 1.00. The lowest BCUT2D eigenvalue weighted by Crippen LogP contribution is -1.97. The standard InChI is InChI=1S/C3H5ClO3S/c4-8(5,6)7-3-1-2-3/h3H,1-2H2. The molecule has 1 aliphatic carbocycles. The van der Waals surface area contributed by atoms with E-state index in [0.717, 1.165) is 12.8 Å². The van der Waals surface area contributed by atoms with Crippen molar-refractivity contribution in [1.82, 2.24) is 0 Å². The third kappa shape index (κ3) is 2.49. The van der Waals surface area contributed by atoms with Crippen LogP contribution in [0.3, 0.4) is 0 Å². The summed E-state index contributed by atoms with van der Waals surface area (Å²) in [6.07, 6.45) is 1.50. The summed E-state index contributed by atoms with van der Waals surface area (Å²) in [6, 6.07) is 0. The summed E-state index contributed by atoms with van der Waals surface area (Å²) in [5, 5.41) is 0. The minimum Gasteiger partial charge on any atom is -0.255 e. The summed E-state index contributed by atoms with van der Waals surface area (Å²) in [5.74, 6) is 0. The lowest BCUT2D eigenvalue weighted by atomic mass is 10.9. The smallest absolute Gasteiger partial charge is 0.255 e. The molecule has 0 atom stereocenters. The van der Waals surface area contributed by atoms with Gasteiger partial charge < -0.3 is 0 Å². The van der Waals surface area contributed by atoms with Gasteiger partial charge in [0.25, 0.3) is 0 Å². The molecule has 0 bridgehead atoms. The van der Waals surface area contributed by atoms with Crippen LogP contribution in [0.4, 0.5) is 0 Å². The van der Waals surface area contributed by atoms with Gasteiger partial charge in [0.2, 0.25) is 0 Å². The van der Waals surface area contributed by atoms with E-state index in [1.54, 1.807) is 0 Å². The molecule has 1 saturated carbocycles. The average molecular weight is 157 g/mol. The Labute approximate surface area is 52.2 Å². The van der Waals surface area contributed by atoms with E-state index >= 15 is 0 Å². The van der Waals surface area contributed by atoms with Crippen LogP contribution >= 0.6 is 10.7 Å².